The first kappa shape index (κ1) is 12.4. The molecule has 5 heteroatoms. The Balaban J connectivity index is 2.34. The Morgan fingerprint density at radius 2 is 2.40 bits per heavy atom. The number of nitrogens with zero attached hydrogens (tertiary/aromatic N) is 1. The number of carbonyl (C=O) groups excluding carboxylic acids is 1. The molecule has 2 atom stereocenters. The van der Waals surface area contributed by atoms with Crippen LogP contribution in [0.5, 0.6) is 0 Å². The molecule has 0 aromatic heterocycles. The predicted octanol–water partition coefficient (Wildman–Crippen LogP) is 1.49. The number of thioether (sulfide) groups is 1. The third-order valence-electron chi connectivity index (χ3n) is 2.09. The molecule has 1 aliphatic heterocycles. The predicted molar refractivity (Wildman–Crippen MR) is 61.4 cm³/mol. The van der Waals surface area contributed by atoms with Gasteiger partial charge in [-0.25, -0.2) is 9.79 Å². The molecule has 86 valence electrons. The van der Waals surface area contributed by atoms with E-state index in [-0.39, 0.29) is 12.1 Å². The monoisotopic (exact) mass is 231 g/mol. The maximum atomic E-state index is 11.5. The van der Waals surface area contributed by atoms with Crippen LogP contribution < -0.4 is 0 Å². The van der Waals surface area contributed by atoms with E-state index in [4.69, 9.17) is 9.47 Å². The first-order valence-corrected chi connectivity index (χ1v) is 6.36. The highest BCUT2D eigenvalue weighted by molar-refractivity contribution is 7.99. The fraction of sp³-hybridized carbons (Fsp3) is 0.800. The third kappa shape index (κ3) is 3.74. The molecule has 1 aliphatic rings. The molecule has 2 unspecified atom stereocenters. The van der Waals surface area contributed by atoms with E-state index in [2.05, 4.69) is 11.9 Å². The van der Waals surface area contributed by atoms with E-state index in [1.807, 2.05) is 11.8 Å². The van der Waals surface area contributed by atoms with Gasteiger partial charge in [0.15, 0.2) is 12.4 Å². The van der Waals surface area contributed by atoms with Crippen molar-refractivity contribution >= 4 is 24.1 Å². The first-order chi connectivity index (χ1) is 7.29. The van der Waals surface area contributed by atoms with Gasteiger partial charge in [0.2, 0.25) is 0 Å². The summed E-state index contributed by atoms with van der Waals surface area (Å²) < 4.78 is 10.2. The summed E-state index contributed by atoms with van der Waals surface area (Å²) in [5, 5.41) is 0. The summed E-state index contributed by atoms with van der Waals surface area (Å²) in [5.41, 5.74) is 0. The highest BCUT2D eigenvalue weighted by Crippen LogP contribution is 2.17. The second kappa shape index (κ2) is 6.71. The van der Waals surface area contributed by atoms with Gasteiger partial charge in [-0.2, -0.15) is 11.8 Å². The topological polar surface area (TPSA) is 47.9 Å². The van der Waals surface area contributed by atoms with Crippen LogP contribution in [0.15, 0.2) is 4.99 Å². The standard InChI is InChI=1S/C10H17NO3S/c1-3-13-10(12)9-8(14-7-11-9)5-6-15-4-2/h7-9H,3-6H2,1-2H3. The van der Waals surface area contributed by atoms with Gasteiger partial charge < -0.3 is 9.47 Å². The lowest BCUT2D eigenvalue weighted by molar-refractivity contribution is -0.146. The number of hydrogen-bond acceptors (Lipinski definition) is 5. The molecule has 0 aliphatic carbocycles. The van der Waals surface area contributed by atoms with Crippen LogP contribution in [0.25, 0.3) is 0 Å². The van der Waals surface area contributed by atoms with Gasteiger partial charge in [-0.05, 0) is 24.9 Å². The zero-order valence-electron chi connectivity index (χ0n) is 9.14. The second-order valence-corrected chi connectivity index (χ2v) is 4.51. The molecule has 0 bridgehead atoms. The summed E-state index contributed by atoms with van der Waals surface area (Å²) in [6.45, 7) is 4.29. The van der Waals surface area contributed by atoms with Crippen LogP contribution in [0, 0.1) is 0 Å². The average Bonchev–Trinajstić information content (AvgIpc) is 2.67. The average molecular weight is 231 g/mol. The maximum Gasteiger partial charge on any atom is 0.334 e. The van der Waals surface area contributed by atoms with Crippen LogP contribution in [0.3, 0.4) is 0 Å². The SMILES string of the molecule is CCOC(=O)C1N=COC1CCSCC. The molecular formula is C10H17NO3S. The summed E-state index contributed by atoms with van der Waals surface area (Å²) in [7, 11) is 0. The molecule has 0 spiro atoms. The molecule has 0 N–H and O–H groups in total. The molecule has 15 heavy (non-hydrogen) atoms. The van der Waals surface area contributed by atoms with Crippen molar-refractivity contribution in [1.29, 1.82) is 0 Å². The fourth-order valence-electron chi connectivity index (χ4n) is 1.36. The Labute approximate surface area is 94.4 Å². The molecule has 0 fully saturated rings. The van der Waals surface area contributed by atoms with Crippen molar-refractivity contribution in [2.24, 2.45) is 4.99 Å². The van der Waals surface area contributed by atoms with Crippen LogP contribution in [0.2, 0.25) is 0 Å². The Bertz CT molecular complexity index is 233. The van der Waals surface area contributed by atoms with E-state index in [1.165, 1.54) is 6.40 Å². The van der Waals surface area contributed by atoms with Gasteiger partial charge in [-0.1, -0.05) is 6.92 Å². The van der Waals surface area contributed by atoms with Crippen LogP contribution in [0.1, 0.15) is 20.3 Å². The van der Waals surface area contributed by atoms with Gasteiger partial charge >= 0.3 is 5.97 Å². The summed E-state index contributed by atoms with van der Waals surface area (Å²) in [4.78, 5) is 15.4. The van der Waals surface area contributed by atoms with Crippen LogP contribution in [0.4, 0.5) is 0 Å². The number of rotatable bonds is 6. The van der Waals surface area contributed by atoms with Gasteiger partial charge in [0.25, 0.3) is 0 Å². The molecule has 0 aromatic carbocycles. The van der Waals surface area contributed by atoms with E-state index in [9.17, 15) is 4.79 Å². The van der Waals surface area contributed by atoms with Crippen LogP contribution in [-0.4, -0.2) is 42.6 Å². The van der Waals surface area contributed by atoms with Gasteiger partial charge in [-0.15, -0.1) is 0 Å². The van der Waals surface area contributed by atoms with Crippen molar-refractivity contribution in [2.45, 2.75) is 32.4 Å². The number of carbonyl (C=O) groups is 1. The van der Waals surface area contributed by atoms with Gasteiger partial charge in [0.1, 0.15) is 6.10 Å². The van der Waals surface area contributed by atoms with Gasteiger partial charge in [0, 0.05) is 0 Å². The minimum atomic E-state index is -0.456. The summed E-state index contributed by atoms with van der Waals surface area (Å²) in [6.07, 6.45) is 2.06. The Hall–Kier alpha value is -0.710. The number of aliphatic imine (C=N–C) groups is 1. The first-order valence-electron chi connectivity index (χ1n) is 5.21. The van der Waals surface area contributed by atoms with Crippen molar-refractivity contribution in [3.63, 3.8) is 0 Å². The molecule has 4 nitrogen and oxygen atoms in total. The van der Waals surface area contributed by atoms with E-state index in [0.717, 1.165) is 17.9 Å². The smallest absolute Gasteiger partial charge is 0.334 e. The lowest BCUT2D eigenvalue weighted by Crippen LogP contribution is -2.32. The quantitative estimate of drug-likeness (QED) is 0.513. The van der Waals surface area contributed by atoms with Gasteiger partial charge in [-0.3, -0.25) is 0 Å². The van der Waals surface area contributed by atoms with Crippen molar-refractivity contribution in [3.05, 3.63) is 0 Å². The molecule has 0 saturated carbocycles. The lowest BCUT2D eigenvalue weighted by atomic mass is 10.1. The summed E-state index contributed by atoms with van der Waals surface area (Å²) in [6, 6.07) is -0.456. The largest absolute Gasteiger partial charge is 0.477 e. The number of ether oxygens (including phenoxy) is 2. The lowest BCUT2D eigenvalue weighted by Gasteiger charge is -2.15. The van der Waals surface area contributed by atoms with Crippen LogP contribution in [-0.2, 0) is 14.3 Å². The molecule has 1 rings (SSSR count). The highest BCUT2D eigenvalue weighted by Gasteiger charge is 2.33. The fourth-order valence-corrected chi connectivity index (χ4v) is 2.05. The molecule has 0 radical (unpaired) electrons. The summed E-state index contributed by atoms with van der Waals surface area (Å²) in [5.74, 6) is 1.79. The van der Waals surface area contributed by atoms with Crippen LogP contribution >= 0.6 is 11.8 Å². The van der Waals surface area contributed by atoms with Crippen molar-refractivity contribution in [1.82, 2.24) is 0 Å². The van der Waals surface area contributed by atoms with Crippen molar-refractivity contribution < 1.29 is 14.3 Å². The minimum Gasteiger partial charge on any atom is -0.477 e. The second-order valence-electron chi connectivity index (χ2n) is 3.11. The normalized spacial score (nSPS) is 23.9. The van der Waals surface area contributed by atoms with E-state index in [0.29, 0.717) is 6.61 Å². The van der Waals surface area contributed by atoms with Crippen molar-refractivity contribution in [2.75, 3.05) is 18.1 Å². The molecular weight excluding hydrogens is 214 g/mol. The molecule has 0 amide bonds. The summed E-state index contributed by atoms with van der Waals surface area (Å²) >= 11 is 1.83. The Morgan fingerprint density at radius 3 is 3.07 bits per heavy atom. The third-order valence-corrected chi connectivity index (χ3v) is 3.02. The Morgan fingerprint density at radius 1 is 1.60 bits per heavy atom. The van der Waals surface area contributed by atoms with Crippen molar-refractivity contribution in [3.8, 4) is 0 Å². The molecule has 1 heterocycles. The molecule has 0 aromatic rings. The number of hydrogen-bond donors (Lipinski definition) is 0. The Kier molecular flexibility index (Phi) is 5.53. The zero-order chi connectivity index (χ0) is 11.1. The van der Waals surface area contributed by atoms with E-state index >= 15 is 0 Å². The van der Waals surface area contributed by atoms with E-state index in [1.54, 1.807) is 6.92 Å². The maximum absolute atomic E-state index is 11.5. The zero-order valence-corrected chi connectivity index (χ0v) is 9.96. The molecule has 0 saturated heterocycles. The van der Waals surface area contributed by atoms with Gasteiger partial charge in [0.05, 0.1) is 6.61 Å². The minimum absolute atomic E-state index is 0.136. The number of esters is 1. The highest BCUT2D eigenvalue weighted by atomic mass is 32.2. The van der Waals surface area contributed by atoms with E-state index < -0.39 is 6.04 Å².